The predicted molar refractivity (Wildman–Crippen MR) is 93.4 cm³/mol. The van der Waals surface area contributed by atoms with Crippen LogP contribution in [0.5, 0.6) is 5.75 Å². The minimum absolute atomic E-state index is 0.148. The van der Waals surface area contributed by atoms with Gasteiger partial charge >= 0.3 is 6.18 Å². The van der Waals surface area contributed by atoms with Gasteiger partial charge in [-0.25, -0.2) is 0 Å². The molecule has 2 atom stereocenters. The van der Waals surface area contributed by atoms with Gasteiger partial charge in [-0.1, -0.05) is 24.1 Å². The van der Waals surface area contributed by atoms with Crippen molar-refractivity contribution in [1.29, 1.82) is 0 Å². The first-order valence-electron chi connectivity index (χ1n) is 8.96. The molecule has 0 bridgehead atoms. The molecule has 0 spiro atoms. The highest BCUT2D eigenvalue weighted by molar-refractivity contribution is 5.93. The maximum Gasteiger partial charge on any atom is 0.439 e. The molecular weight excluding hydrogens is 361 g/mol. The molecule has 5 nitrogen and oxygen atoms in total. The van der Waals surface area contributed by atoms with Gasteiger partial charge in [0.15, 0.2) is 6.61 Å². The average Bonchev–Trinajstić information content (AvgIpc) is 2.88. The van der Waals surface area contributed by atoms with Crippen LogP contribution in [0.25, 0.3) is 0 Å². The van der Waals surface area contributed by atoms with Crippen molar-refractivity contribution in [1.82, 2.24) is 5.01 Å². The Bertz CT molecular complexity index is 768. The van der Waals surface area contributed by atoms with Crippen LogP contribution in [-0.4, -0.2) is 40.2 Å². The fourth-order valence-electron chi connectivity index (χ4n) is 4.05. The first-order chi connectivity index (χ1) is 12.6. The number of benzene rings is 1. The van der Waals surface area contributed by atoms with E-state index < -0.39 is 30.3 Å². The zero-order valence-corrected chi connectivity index (χ0v) is 15.6. The van der Waals surface area contributed by atoms with Crippen LogP contribution in [0.15, 0.2) is 17.2 Å². The van der Waals surface area contributed by atoms with Gasteiger partial charge in [0, 0.05) is 5.71 Å². The Balaban J connectivity index is 1.84. The molecule has 1 saturated carbocycles. The number of alkyl halides is 3. The highest BCUT2D eigenvalue weighted by Gasteiger charge is 2.68. The summed E-state index contributed by atoms with van der Waals surface area (Å²) in [7, 11) is 0. The molecule has 0 radical (unpaired) electrons. The molecule has 8 heteroatoms. The molecule has 1 heterocycles. The lowest BCUT2D eigenvalue weighted by Crippen LogP contribution is -2.62. The number of hydrazone groups is 1. The molecule has 1 aliphatic heterocycles. The van der Waals surface area contributed by atoms with E-state index in [0.717, 1.165) is 16.7 Å². The summed E-state index contributed by atoms with van der Waals surface area (Å²) in [6, 6.07) is 3.73. The zero-order valence-electron chi connectivity index (χ0n) is 15.6. The van der Waals surface area contributed by atoms with Gasteiger partial charge in [-0.15, -0.1) is 0 Å². The van der Waals surface area contributed by atoms with Crippen molar-refractivity contribution in [3.05, 3.63) is 28.8 Å². The molecule has 1 amide bonds. The van der Waals surface area contributed by atoms with E-state index in [1.54, 1.807) is 13.8 Å². The summed E-state index contributed by atoms with van der Waals surface area (Å²) in [4.78, 5) is 12.5. The van der Waals surface area contributed by atoms with Crippen LogP contribution in [-0.2, 0) is 4.79 Å². The van der Waals surface area contributed by atoms with E-state index in [1.807, 2.05) is 19.1 Å². The van der Waals surface area contributed by atoms with Gasteiger partial charge < -0.3 is 9.84 Å². The molecular formula is C19H23F3N2O3. The van der Waals surface area contributed by atoms with Crippen molar-refractivity contribution >= 4 is 11.6 Å². The number of amides is 1. The van der Waals surface area contributed by atoms with Crippen molar-refractivity contribution in [2.24, 2.45) is 11.0 Å². The first-order valence-corrected chi connectivity index (χ1v) is 8.96. The number of fused-ring (bicyclic) bond motifs is 1. The fraction of sp³-hybridized carbons (Fsp3) is 0.579. The molecule has 0 unspecified atom stereocenters. The van der Waals surface area contributed by atoms with E-state index in [-0.39, 0.29) is 17.1 Å². The maximum atomic E-state index is 13.7. The lowest BCUT2D eigenvalue weighted by atomic mass is 9.80. The third-order valence-electron chi connectivity index (χ3n) is 5.21. The molecule has 1 N–H and O–H groups in total. The van der Waals surface area contributed by atoms with Crippen molar-refractivity contribution < 1.29 is 27.8 Å². The second-order valence-corrected chi connectivity index (χ2v) is 7.34. The van der Waals surface area contributed by atoms with E-state index in [2.05, 4.69) is 5.10 Å². The van der Waals surface area contributed by atoms with E-state index in [9.17, 15) is 23.1 Å². The molecule has 3 rings (SSSR count). The lowest BCUT2D eigenvalue weighted by molar-refractivity contribution is -0.317. The molecule has 1 aliphatic carbocycles. The highest BCUT2D eigenvalue weighted by atomic mass is 19.4. The van der Waals surface area contributed by atoms with Crippen molar-refractivity contribution in [3.8, 4) is 5.75 Å². The largest absolute Gasteiger partial charge is 0.483 e. The minimum Gasteiger partial charge on any atom is -0.483 e. The molecule has 148 valence electrons. The molecule has 1 aromatic carbocycles. The van der Waals surface area contributed by atoms with E-state index >= 15 is 0 Å². The summed E-state index contributed by atoms with van der Waals surface area (Å²) >= 11 is 0. The van der Waals surface area contributed by atoms with Crippen molar-refractivity contribution in [2.45, 2.75) is 58.4 Å². The van der Waals surface area contributed by atoms with Crippen LogP contribution in [0.3, 0.4) is 0 Å². The first kappa shape index (κ1) is 19.7. The third-order valence-corrected chi connectivity index (χ3v) is 5.21. The Kier molecular flexibility index (Phi) is 4.96. The summed E-state index contributed by atoms with van der Waals surface area (Å²) in [5.41, 5.74) is -0.483. The number of rotatable bonds is 3. The molecule has 2 aliphatic rings. The Morgan fingerprint density at radius 2 is 1.93 bits per heavy atom. The summed E-state index contributed by atoms with van der Waals surface area (Å²) in [5.74, 6) is -1.78. The maximum absolute atomic E-state index is 13.7. The van der Waals surface area contributed by atoms with E-state index in [4.69, 9.17) is 4.74 Å². The van der Waals surface area contributed by atoms with Gasteiger partial charge in [0.05, 0.1) is 5.92 Å². The average molecular weight is 384 g/mol. The van der Waals surface area contributed by atoms with Crippen LogP contribution in [0, 0.1) is 26.7 Å². The van der Waals surface area contributed by atoms with Crippen LogP contribution in [0.4, 0.5) is 13.2 Å². The molecule has 0 saturated heterocycles. The van der Waals surface area contributed by atoms with Crippen LogP contribution >= 0.6 is 0 Å². The number of hydrogen-bond donors (Lipinski definition) is 1. The fourth-order valence-corrected chi connectivity index (χ4v) is 4.05. The quantitative estimate of drug-likeness (QED) is 0.866. The molecule has 1 aromatic rings. The van der Waals surface area contributed by atoms with Gasteiger partial charge in [-0.3, -0.25) is 4.79 Å². The Morgan fingerprint density at radius 3 is 2.52 bits per heavy atom. The number of ether oxygens (including phenoxy) is 1. The monoisotopic (exact) mass is 384 g/mol. The van der Waals surface area contributed by atoms with Crippen LogP contribution < -0.4 is 4.74 Å². The SMILES string of the molecule is Cc1cc(C)c(OCC(=O)N2N=C3CCCC[C@H]3[C@@]2(O)C(F)(F)F)c(C)c1. The highest BCUT2D eigenvalue weighted by Crippen LogP contribution is 2.48. The number of nitrogens with zero attached hydrogens (tertiary/aromatic N) is 2. The van der Waals surface area contributed by atoms with Crippen molar-refractivity contribution in [2.75, 3.05) is 6.61 Å². The van der Waals surface area contributed by atoms with Crippen LogP contribution in [0.1, 0.15) is 42.4 Å². The van der Waals surface area contributed by atoms with Gasteiger partial charge in [0.2, 0.25) is 0 Å². The van der Waals surface area contributed by atoms with Gasteiger partial charge in [-0.05, 0) is 51.2 Å². The lowest BCUT2D eigenvalue weighted by Gasteiger charge is -2.38. The van der Waals surface area contributed by atoms with Gasteiger partial charge in [0.25, 0.3) is 11.6 Å². The zero-order chi connectivity index (χ0) is 20.0. The molecule has 1 fully saturated rings. The Hall–Kier alpha value is -2.09. The number of hydrogen-bond acceptors (Lipinski definition) is 4. The standard InChI is InChI=1S/C19H23F3N2O3/c1-11-8-12(2)17(13(3)9-11)27-10-16(25)24-18(26,19(20,21)22)14-6-4-5-7-15(14)23-24/h8-9,14,26H,4-7,10H2,1-3H3/t14-,18-/m1/s1. The topological polar surface area (TPSA) is 62.1 Å². The number of carbonyl (C=O) groups excluding carboxylic acids is 1. The van der Waals surface area contributed by atoms with E-state index in [0.29, 0.717) is 25.0 Å². The van der Waals surface area contributed by atoms with Gasteiger partial charge in [-0.2, -0.15) is 23.3 Å². The summed E-state index contributed by atoms with van der Waals surface area (Å²) in [6.45, 7) is 4.89. The second kappa shape index (κ2) is 6.82. The van der Waals surface area contributed by atoms with Crippen molar-refractivity contribution in [3.63, 3.8) is 0 Å². The number of aryl methyl sites for hydroxylation is 3. The Morgan fingerprint density at radius 1 is 1.30 bits per heavy atom. The summed E-state index contributed by atoms with van der Waals surface area (Å²) < 4.78 is 46.6. The number of aliphatic hydroxyl groups is 1. The number of carbonyl (C=O) groups is 1. The van der Waals surface area contributed by atoms with Crippen LogP contribution in [0.2, 0.25) is 0 Å². The third kappa shape index (κ3) is 3.31. The second-order valence-electron chi connectivity index (χ2n) is 7.34. The summed E-state index contributed by atoms with van der Waals surface area (Å²) in [6.07, 6.45) is -3.25. The smallest absolute Gasteiger partial charge is 0.439 e. The Labute approximate surface area is 155 Å². The minimum atomic E-state index is -5.01. The number of halogens is 3. The predicted octanol–water partition coefficient (Wildman–Crippen LogP) is 3.63. The normalized spacial score (nSPS) is 25.2. The van der Waals surface area contributed by atoms with Gasteiger partial charge in [0.1, 0.15) is 5.75 Å². The molecule has 27 heavy (non-hydrogen) atoms. The van der Waals surface area contributed by atoms with E-state index in [1.165, 1.54) is 0 Å². The summed E-state index contributed by atoms with van der Waals surface area (Å²) in [5, 5.41) is 14.5. The molecule has 0 aromatic heterocycles.